The van der Waals surface area contributed by atoms with Crippen LogP contribution in [-0.4, -0.2) is 75.0 Å². The number of aliphatic hydroxyl groups is 4. The molecule has 5 atom stereocenters. The number of methoxy groups -OCH3 is 1. The van der Waals surface area contributed by atoms with Gasteiger partial charge in [0.2, 0.25) is 12.2 Å². The molecule has 0 saturated carbocycles. The first-order chi connectivity index (χ1) is 14.0. The molecule has 0 spiro atoms. The monoisotopic (exact) mass is 408 g/mol. The Balaban J connectivity index is 1.83. The average Bonchev–Trinajstić information content (AvgIpc) is 3.10. The summed E-state index contributed by atoms with van der Waals surface area (Å²) in [7, 11) is 1.61. The van der Waals surface area contributed by atoms with Crippen molar-refractivity contribution in [2.45, 2.75) is 56.9 Å². The van der Waals surface area contributed by atoms with Gasteiger partial charge in [-0.2, -0.15) is 0 Å². The number of aromatic nitrogens is 2. The molecule has 2 aromatic rings. The SMILES string of the molecule is CCCc1[nH]nc(O[C@@H]2O[C@H](CO)[C@@H](O)[C@H](O)[C@H]2O)c1Cc1ccc(OC)cc1. The van der Waals surface area contributed by atoms with Crippen LogP contribution in [0, 0.1) is 0 Å². The molecule has 29 heavy (non-hydrogen) atoms. The van der Waals surface area contributed by atoms with Gasteiger partial charge in [-0.15, -0.1) is 5.10 Å². The first-order valence-corrected chi connectivity index (χ1v) is 9.64. The van der Waals surface area contributed by atoms with E-state index in [0.717, 1.165) is 35.4 Å². The highest BCUT2D eigenvalue weighted by atomic mass is 16.7. The fourth-order valence-electron chi connectivity index (χ4n) is 3.34. The van der Waals surface area contributed by atoms with Crippen LogP contribution in [0.3, 0.4) is 0 Å². The van der Waals surface area contributed by atoms with E-state index in [9.17, 15) is 20.4 Å². The molecule has 0 radical (unpaired) electrons. The van der Waals surface area contributed by atoms with Crippen LogP contribution in [0.4, 0.5) is 0 Å². The number of hydrogen-bond acceptors (Lipinski definition) is 8. The van der Waals surface area contributed by atoms with Crippen LogP contribution < -0.4 is 9.47 Å². The molecule has 3 rings (SSSR count). The summed E-state index contributed by atoms with van der Waals surface area (Å²) in [5.41, 5.74) is 2.74. The van der Waals surface area contributed by atoms with Gasteiger partial charge in [0.05, 0.1) is 13.7 Å². The van der Waals surface area contributed by atoms with Gasteiger partial charge < -0.3 is 34.6 Å². The number of ether oxygens (including phenoxy) is 3. The summed E-state index contributed by atoms with van der Waals surface area (Å²) in [5.74, 6) is 1.00. The minimum atomic E-state index is -1.51. The fraction of sp³-hybridized carbons (Fsp3) is 0.550. The molecule has 9 heteroatoms. The molecule has 1 aromatic heterocycles. The number of aryl methyl sites for hydroxylation is 1. The zero-order valence-corrected chi connectivity index (χ0v) is 16.5. The van der Waals surface area contributed by atoms with Crippen LogP contribution in [-0.2, 0) is 17.6 Å². The van der Waals surface area contributed by atoms with E-state index in [2.05, 4.69) is 17.1 Å². The van der Waals surface area contributed by atoms with Crippen molar-refractivity contribution >= 4 is 0 Å². The molecule has 1 fully saturated rings. The van der Waals surface area contributed by atoms with Gasteiger partial charge in [0.1, 0.15) is 30.2 Å². The van der Waals surface area contributed by atoms with E-state index < -0.39 is 37.3 Å². The van der Waals surface area contributed by atoms with Crippen molar-refractivity contribution in [3.63, 3.8) is 0 Å². The normalized spacial score (nSPS) is 27.0. The number of nitrogens with zero attached hydrogens (tertiary/aromatic N) is 1. The number of aromatic amines is 1. The van der Waals surface area contributed by atoms with E-state index in [1.807, 2.05) is 24.3 Å². The molecule has 1 aromatic carbocycles. The van der Waals surface area contributed by atoms with Crippen LogP contribution in [0.15, 0.2) is 24.3 Å². The van der Waals surface area contributed by atoms with Crippen LogP contribution in [0.2, 0.25) is 0 Å². The molecule has 160 valence electrons. The van der Waals surface area contributed by atoms with E-state index in [1.54, 1.807) is 7.11 Å². The fourth-order valence-corrected chi connectivity index (χ4v) is 3.34. The predicted octanol–water partition coefficient (Wildman–Crippen LogP) is 0.140. The third kappa shape index (κ3) is 4.71. The highest BCUT2D eigenvalue weighted by molar-refractivity contribution is 5.38. The minimum Gasteiger partial charge on any atom is -0.497 e. The summed E-state index contributed by atoms with van der Waals surface area (Å²) in [6, 6.07) is 7.62. The number of hydrogen-bond donors (Lipinski definition) is 5. The Morgan fingerprint density at radius 1 is 1.10 bits per heavy atom. The summed E-state index contributed by atoms with van der Waals surface area (Å²) in [5, 5.41) is 46.7. The summed E-state index contributed by atoms with van der Waals surface area (Å²) < 4.78 is 16.4. The lowest BCUT2D eigenvalue weighted by Crippen LogP contribution is -2.60. The number of aliphatic hydroxyl groups excluding tert-OH is 4. The van der Waals surface area contributed by atoms with Gasteiger partial charge in [0.25, 0.3) is 0 Å². The van der Waals surface area contributed by atoms with Crippen molar-refractivity contribution in [2.75, 3.05) is 13.7 Å². The van der Waals surface area contributed by atoms with Gasteiger partial charge in [-0.3, -0.25) is 5.10 Å². The maximum Gasteiger partial charge on any atom is 0.238 e. The molecular formula is C20H28N2O7. The Hall–Kier alpha value is -2.17. The van der Waals surface area contributed by atoms with E-state index in [0.29, 0.717) is 6.42 Å². The quantitative estimate of drug-likeness (QED) is 0.416. The number of rotatable bonds is 8. The van der Waals surface area contributed by atoms with Gasteiger partial charge in [-0.05, 0) is 24.1 Å². The van der Waals surface area contributed by atoms with Gasteiger partial charge in [0.15, 0.2) is 0 Å². The standard InChI is InChI=1S/C20H28N2O7/c1-3-4-14-13(9-11-5-7-12(27-2)8-6-11)19(22-21-14)29-20-18(26)17(25)16(24)15(10-23)28-20/h5-8,15-18,20,23-26H,3-4,9-10H2,1-2H3,(H,21,22)/t15-,16-,17+,18-,20+/m1/s1. The Bertz CT molecular complexity index is 778. The summed E-state index contributed by atoms with van der Waals surface area (Å²) >= 11 is 0. The van der Waals surface area contributed by atoms with Crippen molar-refractivity contribution in [1.82, 2.24) is 10.2 Å². The van der Waals surface area contributed by atoms with Crippen molar-refractivity contribution in [3.8, 4) is 11.6 Å². The van der Waals surface area contributed by atoms with Gasteiger partial charge in [-0.1, -0.05) is 25.5 Å². The second-order valence-corrected chi connectivity index (χ2v) is 7.08. The molecule has 0 aliphatic carbocycles. The molecule has 0 amide bonds. The molecule has 5 N–H and O–H groups in total. The molecule has 1 aliphatic heterocycles. The Labute approximate surface area is 168 Å². The van der Waals surface area contributed by atoms with Crippen molar-refractivity contribution in [2.24, 2.45) is 0 Å². The first-order valence-electron chi connectivity index (χ1n) is 9.64. The number of H-pyrrole nitrogens is 1. The molecule has 1 aliphatic rings. The lowest BCUT2D eigenvalue weighted by atomic mass is 9.99. The number of nitrogens with one attached hydrogen (secondary N) is 1. The lowest BCUT2D eigenvalue weighted by Gasteiger charge is -2.39. The van der Waals surface area contributed by atoms with E-state index in [4.69, 9.17) is 14.2 Å². The second-order valence-electron chi connectivity index (χ2n) is 7.08. The Kier molecular flexibility index (Phi) is 7.09. The average molecular weight is 408 g/mol. The van der Waals surface area contributed by atoms with Gasteiger partial charge in [-0.25, -0.2) is 0 Å². The molecule has 1 saturated heterocycles. The largest absolute Gasteiger partial charge is 0.497 e. The van der Waals surface area contributed by atoms with Gasteiger partial charge >= 0.3 is 0 Å². The molecular weight excluding hydrogens is 380 g/mol. The highest BCUT2D eigenvalue weighted by Gasteiger charge is 2.45. The summed E-state index contributed by atoms with van der Waals surface area (Å²) in [6.07, 6.45) is -4.58. The summed E-state index contributed by atoms with van der Waals surface area (Å²) in [4.78, 5) is 0. The zero-order valence-electron chi connectivity index (χ0n) is 16.5. The third-order valence-electron chi connectivity index (χ3n) is 5.03. The van der Waals surface area contributed by atoms with E-state index >= 15 is 0 Å². The maximum absolute atomic E-state index is 10.2. The molecule has 0 bridgehead atoms. The summed E-state index contributed by atoms with van der Waals surface area (Å²) in [6.45, 7) is 1.53. The Morgan fingerprint density at radius 3 is 2.45 bits per heavy atom. The maximum atomic E-state index is 10.2. The zero-order chi connectivity index (χ0) is 21.0. The smallest absolute Gasteiger partial charge is 0.238 e. The molecule has 0 unspecified atom stereocenters. The lowest BCUT2D eigenvalue weighted by molar-refractivity contribution is -0.278. The van der Waals surface area contributed by atoms with E-state index in [-0.39, 0.29) is 5.88 Å². The van der Waals surface area contributed by atoms with Crippen LogP contribution in [0.1, 0.15) is 30.2 Å². The van der Waals surface area contributed by atoms with Crippen LogP contribution in [0.5, 0.6) is 11.6 Å². The van der Waals surface area contributed by atoms with Gasteiger partial charge in [0, 0.05) is 17.7 Å². The predicted molar refractivity (Wildman–Crippen MR) is 103 cm³/mol. The van der Waals surface area contributed by atoms with Crippen molar-refractivity contribution in [1.29, 1.82) is 0 Å². The Morgan fingerprint density at radius 2 is 1.83 bits per heavy atom. The number of benzene rings is 1. The second kappa shape index (κ2) is 9.55. The van der Waals surface area contributed by atoms with Crippen molar-refractivity contribution in [3.05, 3.63) is 41.1 Å². The van der Waals surface area contributed by atoms with Crippen molar-refractivity contribution < 1.29 is 34.6 Å². The highest BCUT2D eigenvalue weighted by Crippen LogP contribution is 2.29. The van der Waals surface area contributed by atoms with E-state index in [1.165, 1.54) is 0 Å². The topological polar surface area (TPSA) is 137 Å². The molecule has 2 heterocycles. The molecule has 9 nitrogen and oxygen atoms in total. The minimum absolute atomic E-state index is 0.244. The van der Waals surface area contributed by atoms with Crippen LogP contribution in [0.25, 0.3) is 0 Å². The first kappa shape index (κ1) is 21.5. The van der Waals surface area contributed by atoms with Crippen LogP contribution >= 0.6 is 0 Å². The third-order valence-corrected chi connectivity index (χ3v) is 5.03.